The topological polar surface area (TPSA) is 37.3 Å². The van der Waals surface area contributed by atoms with Crippen molar-refractivity contribution in [3.05, 3.63) is 69.5 Å². The number of thiazole rings is 1. The lowest BCUT2D eigenvalue weighted by Gasteiger charge is -2.01. The molecule has 2 aromatic carbocycles. The summed E-state index contributed by atoms with van der Waals surface area (Å²) < 4.78 is 1.06. The maximum Gasteiger partial charge on any atom is 0.203 e. The number of aromatic nitrogens is 1. The number of hydrazone groups is 1. The van der Waals surface area contributed by atoms with E-state index in [1.807, 2.05) is 36.6 Å². The molecule has 0 aliphatic heterocycles. The van der Waals surface area contributed by atoms with Crippen molar-refractivity contribution in [2.75, 3.05) is 5.43 Å². The molecule has 23 heavy (non-hydrogen) atoms. The lowest BCUT2D eigenvalue weighted by Crippen LogP contribution is -1.99. The van der Waals surface area contributed by atoms with Crippen molar-refractivity contribution in [1.29, 1.82) is 0 Å². The first kappa shape index (κ1) is 15.9. The van der Waals surface area contributed by atoms with Crippen LogP contribution in [0.1, 0.15) is 18.1 Å². The molecule has 0 bridgehead atoms. The van der Waals surface area contributed by atoms with Crippen LogP contribution in [-0.4, -0.2) is 10.7 Å². The largest absolute Gasteiger partial charge is 0.252 e. The minimum Gasteiger partial charge on any atom is -0.252 e. The van der Waals surface area contributed by atoms with Gasteiger partial charge in [-0.05, 0) is 31.5 Å². The molecular formula is C18H16BrN3S. The maximum absolute atomic E-state index is 4.58. The molecule has 0 unspecified atom stereocenters. The molecule has 5 heteroatoms. The van der Waals surface area contributed by atoms with Crippen LogP contribution in [0.4, 0.5) is 5.13 Å². The SMILES string of the molecule is C/C(=N/Nc1nc(-c2ccc(C)cc2)cs1)c1ccc(Br)cc1. The number of aryl methyl sites for hydroxylation is 1. The molecule has 1 heterocycles. The molecule has 3 aromatic rings. The average Bonchev–Trinajstić information content (AvgIpc) is 3.03. The van der Waals surface area contributed by atoms with E-state index in [1.54, 1.807) is 11.3 Å². The second-order valence-corrected chi connectivity index (χ2v) is 6.99. The fourth-order valence-corrected chi connectivity index (χ4v) is 3.00. The van der Waals surface area contributed by atoms with E-state index in [9.17, 15) is 0 Å². The Bertz CT molecular complexity index is 820. The molecule has 0 aliphatic rings. The minimum absolute atomic E-state index is 0.789. The predicted octanol–water partition coefficient (Wildman–Crippen LogP) is 5.72. The molecule has 0 saturated heterocycles. The summed E-state index contributed by atoms with van der Waals surface area (Å²) in [5.74, 6) is 0. The standard InChI is InChI=1S/C18H16BrN3S/c1-12-3-5-15(6-4-12)17-11-23-18(20-17)22-21-13(2)14-7-9-16(19)10-8-14/h3-11H,1-2H3,(H,20,22)/b21-13-. The van der Waals surface area contributed by atoms with Gasteiger partial charge in [-0.3, -0.25) is 5.43 Å². The van der Waals surface area contributed by atoms with Gasteiger partial charge < -0.3 is 0 Å². The normalized spacial score (nSPS) is 11.5. The van der Waals surface area contributed by atoms with Gasteiger partial charge in [-0.25, -0.2) is 4.98 Å². The van der Waals surface area contributed by atoms with Gasteiger partial charge in [-0.1, -0.05) is 57.9 Å². The van der Waals surface area contributed by atoms with Crippen LogP contribution in [0.25, 0.3) is 11.3 Å². The number of halogens is 1. The third-order valence-corrected chi connectivity index (χ3v) is 4.71. The van der Waals surface area contributed by atoms with Crippen LogP contribution in [0.3, 0.4) is 0 Å². The highest BCUT2D eigenvalue weighted by molar-refractivity contribution is 9.10. The van der Waals surface area contributed by atoms with Crippen LogP contribution in [0.5, 0.6) is 0 Å². The number of nitrogens with zero attached hydrogens (tertiary/aromatic N) is 2. The molecule has 0 radical (unpaired) electrons. The highest BCUT2D eigenvalue weighted by Gasteiger charge is 2.04. The van der Waals surface area contributed by atoms with Crippen LogP contribution < -0.4 is 5.43 Å². The van der Waals surface area contributed by atoms with Gasteiger partial charge >= 0.3 is 0 Å². The zero-order chi connectivity index (χ0) is 16.2. The number of nitrogens with one attached hydrogen (secondary N) is 1. The first-order valence-electron chi connectivity index (χ1n) is 7.20. The van der Waals surface area contributed by atoms with Gasteiger partial charge in [0.05, 0.1) is 11.4 Å². The Morgan fingerprint density at radius 1 is 1.09 bits per heavy atom. The van der Waals surface area contributed by atoms with Crippen LogP contribution in [-0.2, 0) is 0 Å². The summed E-state index contributed by atoms with van der Waals surface area (Å²) >= 11 is 4.99. The molecule has 1 aromatic heterocycles. The Labute approximate surface area is 148 Å². The Hall–Kier alpha value is -1.98. The second kappa shape index (κ2) is 7.06. The van der Waals surface area contributed by atoms with Gasteiger partial charge in [-0.2, -0.15) is 5.10 Å². The first-order chi connectivity index (χ1) is 11.1. The predicted molar refractivity (Wildman–Crippen MR) is 102 cm³/mol. The zero-order valence-electron chi connectivity index (χ0n) is 12.9. The molecular weight excluding hydrogens is 370 g/mol. The van der Waals surface area contributed by atoms with Gasteiger partial charge in [0.15, 0.2) is 0 Å². The highest BCUT2D eigenvalue weighted by atomic mass is 79.9. The van der Waals surface area contributed by atoms with Crippen LogP contribution >= 0.6 is 27.3 Å². The van der Waals surface area contributed by atoms with Gasteiger partial charge in [-0.15, -0.1) is 11.3 Å². The van der Waals surface area contributed by atoms with Crippen molar-refractivity contribution in [2.45, 2.75) is 13.8 Å². The fourth-order valence-electron chi connectivity index (χ4n) is 2.07. The number of hydrogen-bond acceptors (Lipinski definition) is 4. The number of benzene rings is 2. The Kier molecular flexibility index (Phi) is 4.88. The minimum atomic E-state index is 0.789. The van der Waals surface area contributed by atoms with Gasteiger partial charge in [0, 0.05) is 15.4 Å². The van der Waals surface area contributed by atoms with Gasteiger partial charge in [0.2, 0.25) is 5.13 Å². The van der Waals surface area contributed by atoms with Crippen LogP contribution in [0, 0.1) is 6.92 Å². The van der Waals surface area contributed by atoms with Crippen molar-refractivity contribution in [1.82, 2.24) is 4.98 Å². The molecule has 0 aliphatic carbocycles. The van der Waals surface area contributed by atoms with Crippen molar-refractivity contribution in [3.63, 3.8) is 0 Å². The average molecular weight is 386 g/mol. The van der Waals surface area contributed by atoms with Crippen molar-refractivity contribution in [2.24, 2.45) is 5.10 Å². The number of rotatable bonds is 4. The third kappa shape index (κ3) is 4.06. The van der Waals surface area contributed by atoms with E-state index < -0.39 is 0 Å². The summed E-state index contributed by atoms with van der Waals surface area (Å²) in [6, 6.07) is 16.4. The van der Waals surface area contributed by atoms with Gasteiger partial charge in [0.1, 0.15) is 0 Å². The van der Waals surface area contributed by atoms with Crippen molar-refractivity contribution >= 4 is 38.1 Å². The Morgan fingerprint density at radius 2 is 1.78 bits per heavy atom. The lowest BCUT2D eigenvalue weighted by atomic mass is 10.1. The van der Waals surface area contributed by atoms with Gasteiger partial charge in [0.25, 0.3) is 0 Å². The molecule has 0 saturated carbocycles. The molecule has 0 atom stereocenters. The van der Waals surface area contributed by atoms with E-state index >= 15 is 0 Å². The van der Waals surface area contributed by atoms with Crippen molar-refractivity contribution in [3.8, 4) is 11.3 Å². The number of hydrogen-bond donors (Lipinski definition) is 1. The van der Waals surface area contributed by atoms with E-state index in [4.69, 9.17) is 0 Å². The zero-order valence-corrected chi connectivity index (χ0v) is 15.3. The number of anilines is 1. The molecule has 0 fully saturated rings. The monoisotopic (exact) mass is 385 g/mol. The lowest BCUT2D eigenvalue weighted by molar-refractivity contribution is 1.27. The van der Waals surface area contributed by atoms with E-state index in [1.165, 1.54) is 5.56 Å². The maximum atomic E-state index is 4.58. The van der Waals surface area contributed by atoms with Crippen LogP contribution in [0.2, 0.25) is 0 Å². The summed E-state index contributed by atoms with van der Waals surface area (Å²) in [5, 5.41) is 7.24. The third-order valence-electron chi connectivity index (χ3n) is 3.43. The molecule has 116 valence electrons. The Balaban J connectivity index is 1.72. The smallest absolute Gasteiger partial charge is 0.203 e. The molecule has 3 rings (SSSR count). The summed E-state index contributed by atoms with van der Waals surface area (Å²) in [5.41, 5.74) is 8.38. The Morgan fingerprint density at radius 3 is 2.48 bits per heavy atom. The summed E-state index contributed by atoms with van der Waals surface area (Å²) in [7, 11) is 0. The summed E-state index contributed by atoms with van der Waals surface area (Å²) in [4.78, 5) is 4.58. The second-order valence-electron chi connectivity index (χ2n) is 5.22. The quantitative estimate of drug-likeness (QED) is 0.460. The fraction of sp³-hybridized carbons (Fsp3) is 0.111. The molecule has 3 nitrogen and oxygen atoms in total. The van der Waals surface area contributed by atoms with E-state index in [2.05, 4.69) is 62.6 Å². The van der Waals surface area contributed by atoms with E-state index in [0.29, 0.717) is 0 Å². The first-order valence-corrected chi connectivity index (χ1v) is 8.88. The molecule has 0 spiro atoms. The van der Waals surface area contributed by atoms with E-state index in [0.717, 1.165) is 32.1 Å². The molecule has 0 amide bonds. The van der Waals surface area contributed by atoms with Crippen LogP contribution in [0.15, 0.2) is 63.5 Å². The van der Waals surface area contributed by atoms with E-state index in [-0.39, 0.29) is 0 Å². The highest BCUT2D eigenvalue weighted by Crippen LogP contribution is 2.25. The summed E-state index contributed by atoms with van der Waals surface area (Å²) in [6.45, 7) is 4.06. The van der Waals surface area contributed by atoms with Crippen molar-refractivity contribution < 1.29 is 0 Å². The molecule has 1 N–H and O–H groups in total. The summed E-state index contributed by atoms with van der Waals surface area (Å²) in [6.07, 6.45) is 0.